The van der Waals surface area contributed by atoms with Crippen LogP contribution < -0.4 is 11.5 Å². The quantitative estimate of drug-likeness (QED) is 0.744. The van der Waals surface area contributed by atoms with Crippen LogP contribution in [0.5, 0.6) is 0 Å². The van der Waals surface area contributed by atoms with Crippen LogP contribution in [0.4, 0.5) is 5.69 Å². The molecule has 2 aromatic rings. The molecular weight excluding hydrogens is 388 g/mol. The van der Waals surface area contributed by atoms with E-state index < -0.39 is 26.5 Å². The summed E-state index contributed by atoms with van der Waals surface area (Å²) in [5.41, 5.74) is 13.0. The average Bonchev–Trinajstić information content (AvgIpc) is 2.66. The van der Waals surface area contributed by atoms with E-state index in [0.29, 0.717) is 11.3 Å². The minimum atomic E-state index is -3.40. The number of anilines is 1. The molecule has 7 nitrogen and oxygen atoms in total. The topological polar surface area (TPSA) is 119 Å². The second-order valence-corrected chi connectivity index (χ2v) is 10.2. The molecule has 4 N–H and O–H groups in total. The first-order valence-corrected chi connectivity index (χ1v) is 10.9. The third kappa shape index (κ3) is 3.48. The number of nitrogen functional groups attached to an aromatic ring is 1. The maximum absolute atomic E-state index is 13.2. The van der Waals surface area contributed by atoms with Crippen molar-refractivity contribution in [3.05, 3.63) is 59.7 Å². The molecule has 154 valence electrons. The van der Waals surface area contributed by atoms with Gasteiger partial charge in [-0.1, -0.05) is 24.3 Å². The fourth-order valence-electron chi connectivity index (χ4n) is 3.60. The number of aliphatic imine (C=N–C) groups is 1. The molecule has 8 heteroatoms. The molecule has 1 aliphatic rings. The molecule has 3 rings (SSSR count). The van der Waals surface area contributed by atoms with Crippen molar-refractivity contribution < 1.29 is 13.2 Å². The van der Waals surface area contributed by atoms with Crippen molar-refractivity contribution >= 4 is 27.4 Å². The van der Waals surface area contributed by atoms with E-state index >= 15 is 0 Å². The number of rotatable bonds is 4. The van der Waals surface area contributed by atoms with Gasteiger partial charge in [-0.2, -0.15) is 0 Å². The van der Waals surface area contributed by atoms with Gasteiger partial charge in [-0.25, -0.2) is 13.4 Å². The minimum absolute atomic E-state index is 0.121. The second-order valence-electron chi connectivity index (χ2n) is 7.74. The Bertz CT molecular complexity index is 1080. The lowest BCUT2D eigenvalue weighted by molar-refractivity contribution is -0.130. The Morgan fingerprint density at radius 1 is 1.10 bits per heavy atom. The molecule has 0 unspecified atom stereocenters. The van der Waals surface area contributed by atoms with Gasteiger partial charge in [0.2, 0.25) is 5.91 Å². The molecule has 2 atom stereocenters. The first-order valence-electron chi connectivity index (χ1n) is 9.31. The van der Waals surface area contributed by atoms with Gasteiger partial charge in [0.15, 0.2) is 15.8 Å². The maximum Gasteiger partial charge on any atom is 0.239 e. The standard InChI is InChI=1S/C21H26N4O3S/c1-13(2)29(27,28)17-10-8-14(9-11-17)18-19(26)25(4)20(23)24-21(18,3)15-6-5-7-16(22)12-15/h5-13,18H,22H2,1-4H3,(H2,23,24)/t18-,21-/m1/s1. The Kier molecular flexibility index (Phi) is 5.17. The molecule has 0 saturated heterocycles. The van der Waals surface area contributed by atoms with Gasteiger partial charge in [-0.15, -0.1) is 0 Å². The Balaban J connectivity index is 2.16. The number of nitrogens with zero attached hydrogens (tertiary/aromatic N) is 2. The largest absolute Gasteiger partial charge is 0.399 e. The van der Waals surface area contributed by atoms with E-state index in [1.165, 1.54) is 4.90 Å². The van der Waals surface area contributed by atoms with Crippen molar-refractivity contribution in [2.75, 3.05) is 12.8 Å². The molecule has 2 aromatic carbocycles. The van der Waals surface area contributed by atoms with Crippen molar-refractivity contribution in [3.8, 4) is 0 Å². The first kappa shape index (κ1) is 20.9. The third-order valence-electron chi connectivity index (χ3n) is 5.46. The lowest BCUT2D eigenvalue weighted by atomic mass is 9.74. The zero-order chi connectivity index (χ0) is 21.6. The van der Waals surface area contributed by atoms with Gasteiger partial charge in [0.05, 0.1) is 16.1 Å². The van der Waals surface area contributed by atoms with Crippen molar-refractivity contribution in [1.29, 1.82) is 0 Å². The predicted molar refractivity (Wildman–Crippen MR) is 114 cm³/mol. The second kappa shape index (κ2) is 7.18. The van der Waals surface area contributed by atoms with Crippen LogP contribution in [0.2, 0.25) is 0 Å². The highest BCUT2D eigenvalue weighted by molar-refractivity contribution is 7.92. The van der Waals surface area contributed by atoms with Gasteiger partial charge in [0, 0.05) is 12.7 Å². The van der Waals surface area contributed by atoms with Gasteiger partial charge in [-0.05, 0) is 56.2 Å². The van der Waals surface area contributed by atoms with Crippen LogP contribution in [-0.4, -0.2) is 37.5 Å². The number of carbonyl (C=O) groups excluding carboxylic acids is 1. The van der Waals surface area contributed by atoms with E-state index in [2.05, 4.69) is 4.99 Å². The van der Waals surface area contributed by atoms with Crippen LogP contribution in [0.25, 0.3) is 0 Å². The number of carbonyl (C=O) groups is 1. The summed E-state index contributed by atoms with van der Waals surface area (Å²) in [7, 11) is -1.83. The molecule has 1 aliphatic heterocycles. The van der Waals surface area contributed by atoms with Crippen LogP contribution >= 0.6 is 0 Å². The number of sulfone groups is 1. The molecule has 0 saturated carbocycles. The number of hydrogen-bond acceptors (Lipinski definition) is 6. The van der Waals surface area contributed by atoms with E-state index in [1.807, 2.05) is 13.0 Å². The zero-order valence-corrected chi connectivity index (χ0v) is 17.8. The number of benzene rings is 2. The minimum Gasteiger partial charge on any atom is -0.399 e. The highest BCUT2D eigenvalue weighted by atomic mass is 32.2. The van der Waals surface area contributed by atoms with E-state index in [0.717, 1.165) is 5.56 Å². The fraction of sp³-hybridized carbons (Fsp3) is 0.333. The molecular formula is C21H26N4O3S. The predicted octanol–water partition coefficient (Wildman–Crippen LogP) is 2.24. The van der Waals surface area contributed by atoms with Crippen LogP contribution in [0, 0.1) is 0 Å². The highest BCUT2D eigenvalue weighted by Crippen LogP contribution is 2.44. The summed E-state index contributed by atoms with van der Waals surface area (Å²) in [6.07, 6.45) is 0. The summed E-state index contributed by atoms with van der Waals surface area (Å²) in [4.78, 5) is 19.4. The van der Waals surface area contributed by atoms with Crippen molar-refractivity contribution in [3.63, 3.8) is 0 Å². The average molecular weight is 415 g/mol. The van der Waals surface area contributed by atoms with E-state index in [1.54, 1.807) is 63.4 Å². The van der Waals surface area contributed by atoms with Crippen molar-refractivity contribution in [1.82, 2.24) is 4.90 Å². The summed E-state index contributed by atoms with van der Waals surface area (Å²) >= 11 is 0. The Morgan fingerprint density at radius 3 is 2.28 bits per heavy atom. The van der Waals surface area contributed by atoms with Crippen LogP contribution in [0.15, 0.2) is 58.4 Å². The molecule has 0 spiro atoms. The summed E-state index contributed by atoms with van der Waals surface area (Å²) in [5.74, 6) is -0.783. The van der Waals surface area contributed by atoms with Crippen molar-refractivity contribution in [2.45, 2.75) is 42.4 Å². The van der Waals surface area contributed by atoms with Gasteiger partial charge >= 0.3 is 0 Å². The molecule has 0 bridgehead atoms. The van der Waals surface area contributed by atoms with Gasteiger partial charge in [0.1, 0.15) is 5.54 Å². The number of guanidine groups is 1. The molecule has 0 aliphatic carbocycles. The lowest BCUT2D eigenvalue weighted by Crippen LogP contribution is -2.52. The Hall–Kier alpha value is -2.87. The monoisotopic (exact) mass is 414 g/mol. The summed E-state index contributed by atoms with van der Waals surface area (Å²) in [5, 5.41) is -0.530. The number of likely N-dealkylation sites (N-methyl/N-ethyl adjacent to an activating group) is 1. The van der Waals surface area contributed by atoms with Crippen molar-refractivity contribution in [2.24, 2.45) is 10.7 Å². The SMILES string of the molecule is CC(C)S(=O)(=O)c1ccc([C@@H]2C(=O)N(C)C(N)=N[C@]2(C)c2cccc(N)c2)cc1. The fourth-order valence-corrected chi connectivity index (χ4v) is 4.66. The molecule has 1 heterocycles. The molecule has 0 aromatic heterocycles. The van der Waals surface area contributed by atoms with Gasteiger partial charge in [-0.3, -0.25) is 9.69 Å². The van der Waals surface area contributed by atoms with Crippen LogP contribution in [0.3, 0.4) is 0 Å². The summed E-state index contributed by atoms with van der Waals surface area (Å²) in [6.45, 7) is 5.11. The van der Waals surface area contributed by atoms with Gasteiger partial charge in [0.25, 0.3) is 0 Å². The van der Waals surface area contributed by atoms with Gasteiger partial charge < -0.3 is 11.5 Å². The normalized spacial score (nSPS) is 22.7. The highest BCUT2D eigenvalue weighted by Gasteiger charge is 2.47. The molecule has 1 amide bonds. The number of amides is 1. The zero-order valence-electron chi connectivity index (χ0n) is 17.0. The maximum atomic E-state index is 13.2. The van der Waals surface area contributed by atoms with E-state index in [4.69, 9.17) is 11.5 Å². The molecule has 29 heavy (non-hydrogen) atoms. The lowest BCUT2D eigenvalue weighted by Gasteiger charge is -2.41. The van der Waals surface area contributed by atoms with Crippen LogP contribution in [-0.2, 0) is 20.2 Å². The Morgan fingerprint density at radius 2 is 1.72 bits per heavy atom. The van der Waals surface area contributed by atoms with Crippen LogP contribution in [0.1, 0.15) is 37.8 Å². The Labute approximate surface area is 171 Å². The third-order valence-corrected chi connectivity index (χ3v) is 7.63. The number of nitrogens with two attached hydrogens (primary N) is 2. The number of hydrogen-bond donors (Lipinski definition) is 2. The molecule has 0 fully saturated rings. The first-order chi connectivity index (χ1) is 13.5. The molecule has 0 radical (unpaired) electrons. The van der Waals surface area contributed by atoms with E-state index in [9.17, 15) is 13.2 Å². The smallest absolute Gasteiger partial charge is 0.239 e. The van der Waals surface area contributed by atoms with E-state index in [-0.39, 0.29) is 16.8 Å². The summed E-state index contributed by atoms with van der Waals surface area (Å²) < 4.78 is 24.9. The summed E-state index contributed by atoms with van der Waals surface area (Å²) in [6, 6.07) is 13.6.